The molecule has 0 radical (unpaired) electrons. The van der Waals surface area contributed by atoms with Gasteiger partial charge in [0.1, 0.15) is 0 Å². The molecule has 5 nitrogen and oxygen atoms in total. The van der Waals surface area contributed by atoms with Crippen molar-refractivity contribution in [3.63, 3.8) is 0 Å². The number of aryl methyl sites for hydroxylation is 1. The molecule has 142 valence electrons. The van der Waals surface area contributed by atoms with Crippen molar-refractivity contribution in [1.29, 1.82) is 0 Å². The average Bonchev–Trinajstić information content (AvgIpc) is 3.23. The van der Waals surface area contributed by atoms with Gasteiger partial charge in [-0.2, -0.15) is 5.10 Å². The first-order chi connectivity index (χ1) is 12.2. The van der Waals surface area contributed by atoms with E-state index < -0.39 is 0 Å². The van der Waals surface area contributed by atoms with Crippen LogP contribution in [0.5, 0.6) is 0 Å². The zero-order valence-corrected chi connectivity index (χ0v) is 18.2. The van der Waals surface area contributed by atoms with Crippen molar-refractivity contribution >= 4 is 41.5 Å². The maximum atomic E-state index is 6.15. The number of rotatable bonds is 8. The molecular formula is C19H27ClIN5. The predicted octanol–water partition coefficient (Wildman–Crippen LogP) is 3.83. The van der Waals surface area contributed by atoms with Crippen LogP contribution in [0.2, 0.25) is 5.02 Å². The van der Waals surface area contributed by atoms with Gasteiger partial charge in [-0.1, -0.05) is 23.7 Å². The molecule has 1 aromatic heterocycles. The number of halogens is 2. The molecule has 0 atom stereocenters. The summed E-state index contributed by atoms with van der Waals surface area (Å²) in [7, 11) is 0. The van der Waals surface area contributed by atoms with Crippen LogP contribution in [0.1, 0.15) is 31.7 Å². The van der Waals surface area contributed by atoms with Crippen molar-refractivity contribution in [2.75, 3.05) is 19.6 Å². The second kappa shape index (κ2) is 10.2. The van der Waals surface area contributed by atoms with Crippen LogP contribution in [0.4, 0.5) is 0 Å². The van der Waals surface area contributed by atoms with Crippen LogP contribution in [-0.4, -0.2) is 35.4 Å². The van der Waals surface area contributed by atoms with Gasteiger partial charge in [0, 0.05) is 42.5 Å². The van der Waals surface area contributed by atoms with E-state index in [2.05, 4.69) is 34.8 Å². The lowest BCUT2D eigenvalue weighted by Gasteiger charge is -2.16. The van der Waals surface area contributed by atoms with E-state index in [4.69, 9.17) is 16.6 Å². The third-order valence-electron chi connectivity index (χ3n) is 4.59. The minimum absolute atomic E-state index is 0. The van der Waals surface area contributed by atoms with Crippen LogP contribution in [0.15, 0.2) is 47.7 Å². The fourth-order valence-electron chi connectivity index (χ4n) is 2.96. The van der Waals surface area contributed by atoms with Gasteiger partial charge in [-0.05, 0) is 49.9 Å². The van der Waals surface area contributed by atoms with Crippen LogP contribution < -0.4 is 10.6 Å². The van der Waals surface area contributed by atoms with Gasteiger partial charge in [-0.25, -0.2) is 0 Å². The Hall–Kier alpha value is -1.28. The molecule has 1 aliphatic rings. The highest BCUT2D eigenvalue weighted by Crippen LogP contribution is 2.48. The van der Waals surface area contributed by atoms with Gasteiger partial charge in [0.15, 0.2) is 5.96 Å². The maximum Gasteiger partial charge on any atom is 0.191 e. The normalized spacial score (nSPS) is 15.2. The van der Waals surface area contributed by atoms with E-state index in [9.17, 15) is 0 Å². The number of benzene rings is 1. The summed E-state index contributed by atoms with van der Waals surface area (Å²) in [5.41, 5.74) is 1.47. The lowest BCUT2D eigenvalue weighted by atomic mass is 9.96. The summed E-state index contributed by atoms with van der Waals surface area (Å²) >= 11 is 6.15. The number of aliphatic imine (C=N–C) groups is 1. The Balaban J connectivity index is 0.00000243. The molecule has 2 aromatic rings. The highest BCUT2D eigenvalue weighted by atomic mass is 127. The molecule has 0 saturated heterocycles. The summed E-state index contributed by atoms with van der Waals surface area (Å²) in [5, 5.41) is 11.8. The molecule has 1 aromatic carbocycles. The zero-order valence-electron chi connectivity index (χ0n) is 15.1. The van der Waals surface area contributed by atoms with E-state index in [1.807, 2.05) is 35.3 Å². The van der Waals surface area contributed by atoms with Crippen LogP contribution in [0.25, 0.3) is 0 Å². The molecule has 1 saturated carbocycles. The van der Waals surface area contributed by atoms with Gasteiger partial charge >= 0.3 is 0 Å². The first kappa shape index (κ1) is 21.0. The molecular weight excluding hydrogens is 461 g/mol. The molecule has 2 N–H and O–H groups in total. The van der Waals surface area contributed by atoms with Gasteiger partial charge in [0.25, 0.3) is 0 Å². The van der Waals surface area contributed by atoms with Crippen molar-refractivity contribution in [2.24, 2.45) is 4.99 Å². The summed E-state index contributed by atoms with van der Waals surface area (Å²) in [4.78, 5) is 4.82. The van der Waals surface area contributed by atoms with E-state index >= 15 is 0 Å². The molecule has 1 aliphatic carbocycles. The maximum absolute atomic E-state index is 6.15. The van der Waals surface area contributed by atoms with Crippen molar-refractivity contribution < 1.29 is 0 Å². The Morgan fingerprint density at radius 1 is 1.31 bits per heavy atom. The number of guanidine groups is 1. The summed E-state index contributed by atoms with van der Waals surface area (Å²) in [6, 6.07) is 10.1. The quantitative estimate of drug-likeness (QED) is 0.258. The van der Waals surface area contributed by atoms with Crippen molar-refractivity contribution in [3.05, 3.63) is 53.3 Å². The van der Waals surface area contributed by atoms with Gasteiger partial charge in [-0.15, -0.1) is 24.0 Å². The minimum atomic E-state index is 0. The highest BCUT2D eigenvalue weighted by molar-refractivity contribution is 14.0. The Labute approximate surface area is 177 Å². The van der Waals surface area contributed by atoms with E-state index in [1.165, 1.54) is 18.4 Å². The fourth-order valence-corrected chi connectivity index (χ4v) is 3.15. The average molecular weight is 488 g/mol. The molecule has 1 fully saturated rings. The topological polar surface area (TPSA) is 54.2 Å². The highest BCUT2D eigenvalue weighted by Gasteiger charge is 2.44. The molecule has 0 aliphatic heterocycles. The largest absolute Gasteiger partial charge is 0.357 e. The SMILES string of the molecule is CCNC(=NCC1(c2cccc(Cl)c2)CC1)NCCCn1cccn1.I. The van der Waals surface area contributed by atoms with Crippen LogP contribution in [0, 0.1) is 0 Å². The molecule has 0 bridgehead atoms. The molecule has 0 amide bonds. The number of hydrogen-bond acceptors (Lipinski definition) is 2. The summed E-state index contributed by atoms with van der Waals surface area (Å²) < 4.78 is 1.95. The minimum Gasteiger partial charge on any atom is -0.357 e. The fraction of sp³-hybridized carbons (Fsp3) is 0.474. The number of nitrogens with zero attached hydrogens (tertiary/aromatic N) is 3. The summed E-state index contributed by atoms with van der Waals surface area (Å²) in [6.45, 7) is 5.52. The van der Waals surface area contributed by atoms with Crippen molar-refractivity contribution in [3.8, 4) is 0 Å². The van der Waals surface area contributed by atoms with Gasteiger partial charge < -0.3 is 10.6 Å². The first-order valence-corrected chi connectivity index (χ1v) is 9.35. The molecule has 26 heavy (non-hydrogen) atoms. The second-order valence-corrected chi connectivity index (χ2v) is 6.97. The van der Waals surface area contributed by atoms with E-state index in [-0.39, 0.29) is 29.4 Å². The number of nitrogens with one attached hydrogen (secondary N) is 2. The van der Waals surface area contributed by atoms with Crippen molar-refractivity contribution in [1.82, 2.24) is 20.4 Å². The molecule has 7 heteroatoms. The lowest BCUT2D eigenvalue weighted by Crippen LogP contribution is -2.38. The van der Waals surface area contributed by atoms with E-state index in [0.717, 1.165) is 43.6 Å². The Bertz CT molecular complexity index is 698. The summed E-state index contributed by atoms with van der Waals surface area (Å²) in [5.74, 6) is 0.885. The monoisotopic (exact) mass is 487 g/mol. The lowest BCUT2D eigenvalue weighted by molar-refractivity contribution is 0.569. The first-order valence-electron chi connectivity index (χ1n) is 8.97. The third kappa shape index (κ3) is 5.87. The van der Waals surface area contributed by atoms with Gasteiger partial charge in [0.05, 0.1) is 6.54 Å². The third-order valence-corrected chi connectivity index (χ3v) is 4.83. The molecule has 0 spiro atoms. The van der Waals surface area contributed by atoms with Crippen LogP contribution in [0.3, 0.4) is 0 Å². The van der Waals surface area contributed by atoms with Gasteiger partial charge in [-0.3, -0.25) is 9.67 Å². The van der Waals surface area contributed by atoms with E-state index in [1.54, 1.807) is 0 Å². The van der Waals surface area contributed by atoms with Crippen LogP contribution >= 0.6 is 35.6 Å². The van der Waals surface area contributed by atoms with Gasteiger partial charge in [0.2, 0.25) is 0 Å². The van der Waals surface area contributed by atoms with Crippen LogP contribution in [-0.2, 0) is 12.0 Å². The zero-order chi connectivity index (χ0) is 17.5. The molecule has 0 unspecified atom stereocenters. The Kier molecular flexibility index (Phi) is 8.21. The van der Waals surface area contributed by atoms with E-state index in [0.29, 0.717) is 0 Å². The Morgan fingerprint density at radius 3 is 2.81 bits per heavy atom. The number of aromatic nitrogens is 2. The standard InChI is InChI=1S/C19H26ClN5.HI/c1-2-21-18(22-10-4-12-25-13-5-11-24-25)23-15-19(8-9-19)16-6-3-7-17(20)14-16;/h3,5-7,11,13-14H,2,4,8-10,12,15H2,1H3,(H2,21,22,23);1H. The molecule has 1 heterocycles. The smallest absolute Gasteiger partial charge is 0.191 e. The Morgan fingerprint density at radius 2 is 2.15 bits per heavy atom. The number of hydrogen-bond donors (Lipinski definition) is 2. The molecule has 3 rings (SSSR count). The van der Waals surface area contributed by atoms with Crippen molar-refractivity contribution in [2.45, 2.75) is 38.1 Å². The predicted molar refractivity (Wildman–Crippen MR) is 119 cm³/mol. The summed E-state index contributed by atoms with van der Waals surface area (Å²) in [6.07, 6.45) is 7.15. The second-order valence-electron chi connectivity index (χ2n) is 6.54.